The molecule has 0 aliphatic rings. The van der Waals surface area contributed by atoms with Crippen molar-refractivity contribution < 1.29 is 23.1 Å². The molecule has 0 heterocycles. The van der Waals surface area contributed by atoms with Gasteiger partial charge in [0.05, 0.1) is 20.3 Å². The van der Waals surface area contributed by atoms with Crippen molar-refractivity contribution in [1.29, 1.82) is 0 Å². The molecule has 0 aliphatic carbocycles. The Kier molecular flexibility index (Phi) is 8.93. The first-order chi connectivity index (χ1) is 14.0. The van der Waals surface area contributed by atoms with Gasteiger partial charge >= 0.3 is 7.60 Å². The van der Waals surface area contributed by atoms with Crippen molar-refractivity contribution in [3.8, 4) is 5.75 Å². The normalized spacial score (nSPS) is 13.6. The molecule has 0 radical (unpaired) electrons. The molecule has 1 aromatic carbocycles. The summed E-state index contributed by atoms with van der Waals surface area (Å²) in [7, 11) is -1.91. The van der Waals surface area contributed by atoms with E-state index in [-0.39, 0.29) is 29.8 Å². The monoisotopic (exact) mass is 452 g/mol. The highest BCUT2D eigenvalue weighted by Gasteiger charge is 2.48. The van der Waals surface area contributed by atoms with Gasteiger partial charge in [-0.15, -0.1) is 0 Å². The van der Waals surface area contributed by atoms with E-state index in [9.17, 15) is 9.36 Å². The van der Waals surface area contributed by atoms with Crippen LogP contribution in [0.5, 0.6) is 5.75 Å². The molecule has 0 fully saturated rings. The van der Waals surface area contributed by atoms with Gasteiger partial charge in [0, 0.05) is 11.1 Å². The van der Waals surface area contributed by atoms with Gasteiger partial charge in [0.1, 0.15) is 10.9 Å². The third-order valence-corrected chi connectivity index (χ3v) is 8.03. The molecular weight excluding hydrogens is 411 g/mol. The van der Waals surface area contributed by atoms with Crippen molar-refractivity contribution in [1.82, 2.24) is 0 Å². The summed E-state index contributed by atoms with van der Waals surface area (Å²) >= 11 is 0. The van der Waals surface area contributed by atoms with Gasteiger partial charge in [-0.3, -0.25) is 9.36 Å². The van der Waals surface area contributed by atoms with Crippen LogP contribution in [0.25, 0.3) is 6.08 Å². The Labute approximate surface area is 189 Å². The minimum atomic E-state index is -3.61. The highest BCUT2D eigenvalue weighted by Crippen LogP contribution is 2.60. The van der Waals surface area contributed by atoms with Crippen LogP contribution in [0.4, 0.5) is 0 Å². The van der Waals surface area contributed by atoms with E-state index in [1.807, 2.05) is 0 Å². The lowest BCUT2D eigenvalue weighted by Gasteiger charge is -2.30. The lowest BCUT2D eigenvalue weighted by molar-refractivity contribution is -0.116. The van der Waals surface area contributed by atoms with E-state index in [0.717, 1.165) is 22.4 Å². The Morgan fingerprint density at radius 3 is 1.65 bits per heavy atom. The van der Waals surface area contributed by atoms with Crippen LogP contribution in [0.15, 0.2) is 18.2 Å². The molecule has 0 unspecified atom stereocenters. The van der Waals surface area contributed by atoms with Crippen LogP contribution in [-0.2, 0) is 29.2 Å². The van der Waals surface area contributed by atoms with E-state index in [0.29, 0.717) is 0 Å². The number of rotatable bonds is 9. The Bertz CT molecular complexity index is 809. The lowest BCUT2D eigenvalue weighted by atomic mass is 9.78. The first kappa shape index (κ1) is 27.6. The summed E-state index contributed by atoms with van der Waals surface area (Å²) in [5.74, 6) is 0.573. The quantitative estimate of drug-likeness (QED) is 0.301. The fraction of sp³-hybridized carbons (Fsp3) is 0.640. The Balaban J connectivity index is 3.51. The molecule has 0 saturated carbocycles. The van der Waals surface area contributed by atoms with Crippen molar-refractivity contribution in [2.75, 3.05) is 20.3 Å². The molecular formula is C25H41O5P. The number of ether oxygens (including phenoxy) is 1. The van der Waals surface area contributed by atoms with Gasteiger partial charge in [-0.2, -0.15) is 0 Å². The summed E-state index contributed by atoms with van der Waals surface area (Å²) in [6.07, 6.45) is 3.25. The van der Waals surface area contributed by atoms with Crippen molar-refractivity contribution >= 4 is 19.5 Å². The first-order valence-corrected chi connectivity index (χ1v) is 12.4. The molecule has 5 nitrogen and oxygen atoms in total. The van der Waals surface area contributed by atoms with Crippen LogP contribution < -0.4 is 4.74 Å². The Morgan fingerprint density at radius 2 is 1.32 bits per heavy atom. The Morgan fingerprint density at radius 1 is 0.903 bits per heavy atom. The third kappa shape index (κ3) is 6.31. The summed E-state index contributed by atoms with van der Waals surface area (Å²) < 4.78 is 29.9. The molecule has 31 heavy (non-hydrogen) atoms. The second kappa shape index (κ2) is 10.0. The van der Waals surface area contributed by atoms with Gasteiger partial charge in [-0.1, -0.05) is 47.6 Å². The zero-order chi connectivity index (χ0) is 24.3. The van der Waals surface area contributed by atoms with Gasteiger partial charge in [0.25, 0.3) is 0 Å². The highest BCUT2D eigenvalue weighted by molar-refractivity contribution is 7.56. The van der Waals surface area contributed by atoms with Crippen molar-refractivity contribution in [3.05, 3.63) is 34.9 Å². The van der Waals surface area contributed by atoms with Crippen LogP contribution in [0.1, 0.15) is 85.9 Å². The van der Waals surface area contributed by atoms with Crippen molar-refractivity contribution in [3.63, 3.8) is 0 Å². The number of ketones is 1. The summed E-state index contributed by atoms with van der Waals surface area (Å²) in [6, 6.07) is 4.10. The van der Waals surface area contributed by atoms with E-state index < -0.39 is 12.8 Å². The maximum absolute atomic E-state index is 13.2. The van der Waals surface area contributed by atoms with Gasteiger partial charge < -0.3 is 13.8 Å². The van der Waals surface area contributed by atoms with Crippen LogP contribution in [0.3, 0.4) is 0 Å². The van der Waals surface area contributed by atoms with E-state index in [4.69, 9.17) is 13.8 Å². The Hall–Kier alpha value is -1.42. The molecule has 6 heteroatoms. The van der Waals surface area contributed by atoms with Gasteiger partial charge in [-0.05, 0) is 62.3 Å². The predicted molar refractivity (Wildman–Crippen MR) is 129 cm³/mol. The van der Waals surface area contributed by atoms with Gasteiger partial charge in [-0.25, -0.2) is 0 Å². The molecule has 176 valence electrons. The average molecular weight is 453 g/mol. The van der Waals surface area contributed by atoms with E-state index in [1.54, 1.807) is 40.9 Å². The lowest BCUT2D eigenvalue weighted by Crippen LogP contribution is -2.32. The molecule has 0 bridgehead atoms. The second-order valence-electron chi connectivity index (χ2n) is 10.2. The van der Waals surface area contributed by atoms with E-state index >= 15 is 0 Å². The second-order valence-corrected chi connectivity index (χ2v) is 12.9. The molecule has 0 amide bonds. The summed E-state index contributed by atoms with van der Waals surface area (Å²) in [5, 5.41) is -1.29. The highest BCUT2D eigenvalue weighted by atomic mass is 31.2. The zero-order valence-corrected chi connectivity index (χ0v) is 22.1. The molecule has 0 spiro atoms. The molecule has 0 N–H and O–H groups in total. The fourth-order valence-corrected chi connectivity index (χ4v) is 5.04. The van der Waals surface area contributed by atoms with Crippen molar-refractivity contribution in [2.45, 2.75) is 85.2 Å². The van der Waals surface area contributed by atoms with Gasteiger partial charge in [0.15, 0.2) is 5.78 Å². The smallest absolute Gasteiger partial charge is 0.343 e. The number of carbonyl (C=O) groups is 1. The maximum Gasteiger partial charge on any atom is 0.343 e. The molecule has 1 rings (SSSR count). The van der Waals surface area contributed by atoms with Gasteiger partial charge in [0.2, 0.25) is 0 Å². The maximum atomic E-state index is 13.2. The first-order valence-electron chi connectivity index (χ1n) is 10.9. The SMILES string of the molecule is CCOP(=O)(OCC)C(C)(C)C(=O)C=Cc1cc(C(C)(C)C)c(OC)c(C(C)(C)C)c1. The molecule has 0 aliphatic heterocycles. The van der Waals surface area contributed by atoms with Crippen LogP contribution in [0, 0.1) is 0 Å². The van der Waals surface area contributed by atoms with E-state index in [1.165, 1.54) is 6.08 Å². The number of hydrogen-bond donors (Lipinski definition) is 0. The minimum Gasteiger partial charge on any atom is -0.496 e. The summed E-state index contributed by atoms with van der Waals surface area (Å²) in [6.45, 7) is 19.9. The largest absolute Gasteiger partial charge is 0.496 e. The van der Waals surface area contributed by atoms with E-state index in [2.05, 4.69) is 53.7 Å². The number of allylic oxidation sites excluding steroid dienone is 1. The minimum absolute atomic E-state index is 0.141. The van der Waals surface area contributed by atoms with Crippen LogP contribution in [-0.4, -0.2) is 31.3 Å². The molecule has 0 atom stereocenters. The zero-order valence-electron chi connectivity index (χ0n) is 21.2. The molecule has 0 aromatic heterocycles. The number of hydrogen-bond acceptors (Lipinski definition) is 5. The summed E-state index contributed by atoms with van der Waals surface area (Å²) in [5.41, 5.74) is 2.75. The fourth-order valence-electron chi connectivity index (χ4n) is 3.29. The number of benzene rings is 1. The number of carbonyl (C=O) groups excluding carboxylic acids is 1. The topological polar surface area (TPSA) is 61.8 Å². The third-order valence-electron chi connectivity index (χ3n) is 5.24. The average Bonchev–Trinajstić information content (AvgIpc) is 2.63. The predicted octanol–water partition coefficient (Wildman–Crippen LogP) is 6.92. The molecule has 1 aromatic rings. The van der Waals surface area contributed by atoms with Crippen LogP contribution in [0.2, 0.25) is 0 Å². The van der Waals surface area contributed by atoms with Crippen molar-refractivity contribution in [2.24, 2.45) is 0 Å². The molecule has 0 saturated heterocycles. The van der Waals surface area contributed by atoms with Crippen LogP contribution >= 0.6 is 7.60 Å². The summed E-state index contributed by atoms with van der Waals surface area (Å²) in [4.78, 5) is 13.1. The standard InChI is InChI=1S/C25H41O5P/c1-12-29-31(27,30-13-2)25(9,10)21(26)15-14-18-16-19(23(3,4)5)22(28-11)20(17-18)24(6,7)8/h14-17H,12-13H2,1-11H3. The number of methoxy groups -OCH3 is 1.